The molecular formula is C19H15ClFNO3S2. The van der Waals surface area contributed by atoms with Crippen LogP contribution in [0.1, 0.15) is 18.1 Å². The molecule has 1 aliphatic heterocycles. The van der Waals surface area contributed by atoms with Crippen LogP contribution in [0, 0.1) is 5.82 Å². The van der Waals surface area contributed by atoms with E-state index in [1.165, 1.54) is 23.9 Å². The maximum atomic E-state index is 13.0. The molecule has 4 nitrogen and oxygen atoms in total. The van der Waals surface area contributed by atoms with Crippen molar-refractivity contribution in [3.05, 3.63) is 63.3 Å². The zero-order valence-electron chi connectivity index (χ0n) is 14.3. The minimum absolute atomic E-state index is 0.215. The van der Waals surface area contributed by atoms with Gasteiger partial charge in [-0.3, -0.25) is 4.79 Å². The van der Waals surface area contributed by atoms with E-state index in [0.29, 0.717) is 37.9 Å². The van der Waals surface area contributed by atoms with E-state index in [0.717, 1.165) is 5.56 Å². The SMILES string of the molecule is CCOc1cc(/C=C2/SC(=S)NC2=O)cc(Cl)c1OCc1ccc(F)cc1. The van der Waals surface area contributed by atoms with Crippen molar-refractivity contribution in [2.24, 2.45) is 0 Å². The summed E-state index contributed by atoms with van der Waals surface area (Å²) in [5.74, 6) is 0.308. The Labute approximate surface area is 170 Å². The van der Waals surface area contributed by atoms with Crippen LogP contribution in [-0.4, -0.2) is 16.8 Å². The molecule has 0 bridgehead atoms. The smallest absolute Gasteiger partial charge is 0.263 e. The molecule has 2 aromatic carbocycles. The molecule has 0 atom stereocenters. The Kier molecular flexibility index (Phi) is 6.36. The van der Waals surface area contributed by atoms with E-state index < -0.39 is 0 Å². The molecule has 1 N–H and O–H groups in total. The third kappa shape index (κ3) is 5.00. The minimum Gasteiger partial charge on any atom is -0.490 e. The lowest BCUT2D eigenvalue weighted by Gasteiger charge is -2.14. The molecule has 1 aliphatic rings. The molecule has 140 valence electrons. The van der Waals surface area contributed by atoms with Gasteiger partial charge in [0.05, 0.1) is 16.5 Å². The highest BCUT2D eigenvalue weighted by molar-refractivity contribution is 8.26. The summed E-state index contributed by atoms with van der Waals surface area (Å²) in [7, 11) is 0. The van der Waals surface area contributed by atoms with Crippen LogP contribution in [0.3, 0.4) is 0 Å². The average Bonchev–Trinajstić information content (AvgIpc) is 2.93. The number of carbonyl (C=O) groups excluding carboxylic acids is 1. The normalized spacial score (nSPS) is 15.1. The van der Waals surface area contributed by atoms with Crippen molar-refractivity contribution < 1.29 is 18.7 Å². The third-order valence-corrected chi connectivity index (χ3v) is 5.01. The summed E-state index contributed by atoms with van der Waals surface area (Å²) in [6.07, 6.45) is 1.69. The molecule has 2 aromatic rings. The summed E-state index contributed by atoms with van der Waals surface area (Å²) in [6, 6.07) is 9.45. The molecule has 1 saturated heterocycles. The van der Waals surface area contributed by atoms with Crippen molar-refractivity contribution in [2.75, 3.05) is 6.61 Å². The average molecular weight is 424 g/mol. The number of rotatable bonds is 6. The zero-order chi connectivity index (χ0) is 19.4. The summed E-state index contributed by atoms with van der Waals surface area (Å²) >= 11 is 12.6. The molecule has 27 heavy (non-hydrogen) atoms. The fourth-order valence-corrected chi connectivity index (χ4v) is 3.70. The standard InChI is InChI=1S/C19H15ClFNO3S2/c1-2-24-15-8-12(9-16-18(23)22-19(26)27-16)7-14(20)17(15)25-10-11-3-5-13(21)6-4-11/h3-9H,2,10H2,1H3,(H,22,23,26)/b16-9+. The van der Waals surface area contributed by atoms with E-state index in [1.807, 2.05) is 6.92 Å². The minimum atomic E-state index is -0.308. The number of thiocarbonyl (C=S) groups is 1. The van der Waals surface area contributed by atoms with Crippen LogP contribution in [0.15, 0.2) is 41.3 Å². The molecule has 1 amide bonds. The number of carbonyl (C=O) groups is 1. The van der Waals surface area contributed by atoms with Crippen molar-refractivity contribution in [1.82, 2.24) is 5.32 Å². The van der Waals surface area contributed by atoms with E-state index in [9.17, 15) is 9.18 Å². The van der Waals surface area contributed by atoms with Crippen molar-refractivity contribution in [3.63, 3.8) is 0 Å². The summed E-state index contributed by atoms with van der Waals surface area (Å²) in [6.45, 7) is 2.48. The van der Waals surface area contributed by atoms with E-state index >= 15 is 0 Å². The fraction of sp³-hybridized carbons (Fsp3) is 0.158. The number of hydrogen-bond donors (Lipinski definition) is 1. The van der Waals surface area contributed by atoms with Gasteiger partial charge in [-0.2, -0.15) is 0 Å². The van der Waals surface area contributed by atoms with Gasteiger partial charge in [-0.15, -0.1) is 0 Å². The van der Waals surface area contributed by atoms with Crippen molar-refractivity contribution >= 4 is 51.9 Å². The summed E-state index contributed by atoms with van der Waals surface area (Å²) in [4.78, 5) is 12.3. The molecule has 0 spiro atoms. The Balaban J connectivity index is 1.85. The van der Waals surface area contributed by atoms with Gasteiger partial charge in [-0.05, 0) is 48.4 Å². The Morgan fingerprint density at radius 2 is 2.00 bits per heavy atom. The van der Waals surface area contributed by atoms with Gasteiger partial charge in [0.2, 0.25) is 0 Å². The summed E-state index contributed by atoms with van der Waals surface area (Å²) in [5, 5.41) is 2.91. The van der Waals surface area contributed by atoms with Gasteiger partial charge < -0.3 is 14.8 Å². The van der Waals surface area contributed by atoms with Gasteiger partial charge in [-0.1, -0.05) is 47.7 Å². The van der Waals surface area contributed by atoms with Crippen molar-refractivity contribution in [1.29, 1.82) is 0 Å². The Hall–Kier alpha value is -2.09. The largest absolute Gasteiger partial charge is 0.490 e. The lowest BCUT2D eigenvalue weighted by atomic mass is 10.1. The first kappa shape index (κ1) is 19.7. The molecule has 0 aliphatic carbocycles. The topological polar surface area (TPSA) is 47.6 Å². The monoisotopic (exact) mass is 423 g/mol. The Bertz CT molecular complexity index is 916. The second kappa shape index (κ2) is 8.73. The number of benzene rings is 2. The zero-order valence-corrected chi connectivity index (χ0v) is 16.6. The van der Waals surface area contributed by atoms with Crippen LogP contribution < -0.4 is 14.8 Å². The molecule has 0 saturated carbocycles. The van der Waals surface area contributed by atoms with Crippen LogP contribution in [0.4, 0.5) is 4.39 Å². The maximum Gasteiger partial charge on any atom is 0.263 e. The molecule has 1 heterocycles. The predicted octanol–water partition coefficient (Wildman–Crippen LogP) is 4.95. The number of amides is 1. The van der Waals surface area contributed by atoms with E-state index in [-0.39, 0.29) is 18.3 Å². The first-order chi connectivity index (χ1) is 13.0. The summed E-state index contributed by atoms with van der Waals surface area (Å²) < 4.78 is 24.9. The van der Waals surface area contributed by atoms with Crippen LogP contribution in [-0.2, 0) is 11.4 Å². The van der Waals surface area contributed by atoms with Gasteiger partial charge in [0.25, 0.3) is 5.91 Å². The number of thioether (sulfide) groups is 1. The fourth-order valence-electron chi connectivity index (χ4n) is 2.38. The van der Waals surface area contributed by atoms with E-state index in [2.05, 4.69) is 5.32 Å². The molecule has 0 radical (unpaired) electrons. The molecule has 0 aromatic heterocycles. The molecular weight excluding hydrogens is 409 g/mol. The van der Waals surface area contributed by atoms with Gasteiger partial charge in [0, 0.05) is 0 Å². The van der Waals surface area contributed by atoms with Crippen LogP contribution >= 0.6 is 35.6 Å². The van der Waals surface area contributed by atoms with Gasteiger partial charge in [-0.25, -0.2) is 4.39 Å². The maximum absolute atomic E-state index is 13.0. The number of hydrogen-bond acceptors (Lipinski definition) is 5. The predicted molar refractivity (Wildman–Crippen MR) is 110 cm³/mol. The lowest BCUT2D eigenvalue weighted by molar-refractivity contribution is -0.115. The highest BCUT2D eigenvalue weighted by Crippen LogP contribution is 2.38. The van der Waals surface area contributed by atoms with E-state index in [4.69, 9.17) is 33.3 Å². The number of nitrogens with one attached hydrogen (secondary N) is 1. The quantitative estimate of drug-likeness (QED) is 0.526. The van der Waals surface area contributed by atoms with E-state index in [1.54, 1.807) is 30.3 Å². The van der Waals surface area contributed by atoms with Crippen LogP contribution in [0.5, 0.6) is 11.5 Å². The molecule has 0 unspecified atom stereocenters. The molecule has 8 heteroatoms. The Morgan fingerprint density at radius 1 is 1.26 bits per heavy atom. The van der Waals surface area contributed by atoms with Gasteiger partial charge in [0.1, 0.15) is 16.7 Å². The summed E-state index contributed by atoms with van der Waals surface area (Å²) in [5.41, 5.74) is 1.49. The number of ether oxygens (including phenoxy) is 2. The molecule has 3 rings (SSSR count). The molecule has 1 fully saturated rings. The highest BCUT2D eigenvalue weighted by atomic mass is 35.5. The van der Waals surface area contributed by atoms with Gasteiger partial charge in [0.15, 0.2) is 11.5 Å². The van der Waals surface area contributed by atoms with Crippen molar-refractivity contribution in [2.45, 2.75) is 13.5 Å². The van der Waals surface area contributed by atoms with Crippen molar-refractivity contribution in [3.8, 4) is 11.5 Å². The Morgan fingerprint density at radius 3 is 2.63 bits per heavy atom. The second-order valence-corrected chi connectivity index (χ2v) is 7.66. The second-order valence-electron chi connectivity index (χ2n) is 5.53. The first-order valence-corrected chi connectivity index (χ1v) is 9.65. The highest BCUT2D eigenvalue weighted by Gasteiger charge is 2.22. The van der Waals surface area contributed by atoms with Gasteiger partial charge >= 0.3 is 0 Å². The lowest BCUT2D eigenvalue weighted by Crippen LogP contribution is -2.17. The first-order valence-electron chi connectivity index (χ1n) is 8.04. The number of halogens is 2. The van der Waals surface area contributed by atoms with Crippen LogP contribution in [0.2, 0.25) is 5.02 Å². The van der Waals surface area contributed by atoms with Crippen LogP contribution in [0.25, 0.3) is 6.08 Å². The third-order valence-electron chi connectivity index (χ3n) is 3.57.